The number of halogens is 1. The van der Waals surface area contributed by atoms with E-state index in [0.717, 1.165) is 33.9 Å². The molecule has 0 saturated heterocycles. The maximum Gasteiger partial charge on any atom is 0.107 e. The van der Waals surface area contributed by atoms with Gasteiger partial charge in [0.2, 0.25) is 0 Å². The van der Waals surface area contributed by atoms with Crippen LogP contribution < -0.4 is 5.32 Å². The SMILES string of the molecule is Clc1cccc(-c2csc(CNC3CC3)n2)c1. The maximum atomic E-state index is 5.98. The zero-order valence-corrected chi connectivity index (χ0v) is 10.9. The second-order valence-electron chi connectivity index (χ2n) is 4.29. The van der Waals surface area contributed by atoms with Crippen LogP contribution in [0.2, 0.25) is 5.02 Å². The molecule has 0 unspecified atom stereocenters. The van der Waals surface area contributed by atoms with Crippen molar-refractivity contribution in [2.24, 2.45) is 0 Å². The summed E-state index contributed by atoms with van der Waals surface area (Å²) in [6, 6.07) is 8.56. The normalized spacial score (nSPS) is 15.1. The van der Waals surface area contributed by atoms with Crippen LogP contribution in [-0.4, -0.2) is 11.0 Å². The summed E-state index contributed by atoms with van der Waals surface area (Å²) in [5.74, 6) is 0. The Morgan fingerprint density at radius 1 is 1.41 bits per heavy atom. The molecule has 0 amide bonds. The Hall–Kier alpha value is -0.900. The molecule has 0 radical (unpaired) electrons. The fraction of sp³-hybridized carbons (Fsp3) is 0.308. The van der Waals surface area contributed by atoms with Gasteiger partial charge in [-0.3, -0.25) is 0 Å². The highest BCUT2D eigenvalue weighted by Crippen LogP contribution is 2.25. The lowest BCUT2D eigenvalue weighted by molar-refractivity contribution is 0.685. The summed E-state index contributed by atoms with van der Waals surface area (Å²) in [6.45, 7) is 0.885. The van der Waals surface area contributed by atoms with Crippen LogP contribution in [0.25, 0.3) is 11.3 Å². The van der Waals surface area contributed by atoms with Gasteiger partial charge in [0.25, 0.3) is 0 Å². The Morgan fingerprint density at radius 2 is 2.29 bits per heavy atom. The van der Waals surface area contributed by atoms with Crippen molar-refractivity contribution in [1.29, 1.82) is 0 Å². The largest absolute Gasteiger partial charge is 0.308 e. The smallest absolute Gasteiger partial charge is 0.107 e. The minimum Gasteiger partial charge on any atom is -0.308 e. The first-order valence-corrected chi connectivity index (χ1v) is 7.01. The molecule has 1 aliphatic rings. The van der Waals surface area contributed by atoms with Crippen molar-refractivity contribution in [1.82, 2.24) is 10.3 Å². The molecule has 0 aliphatic heterocycles. The molecule has 1 heterocycles. The lowest BCUT2D eigenvalue weighted by Crippen LogP contribution is -2.14. The first-order valence-electron chi connectivity index (χ1n) is 5.75. The average Bonchev–Trinajstić information content (AvgIpc) is 3.04. The van der Waals surface area contributed by atoms with Gasteiger partial charge in [0.15, 0.2) is 0 Å². The molecule has 0 atom stereocenters. The van der Waals surface area contributed by atoms with E-state index < -0.39 is 0 Å². The Morgan fingerprint density at radius 3 is 3.06 bits per heavy atom. The summed E-state index contributed by atoms with van der Waals surface area (Å²) in [5.41, 5.74) is 2.11. The summed E-state index contributed by atoms with van der Waals surface area (Å²) in [5, 5.41) is 7.47. The molecule has 2 aromatic rings. The van der Waals surface area contributed by atoms with Crippen LogP contribution in [0.3, 0.4) is 0 Å². The molecule has 3 rings (SSSR count). The van der Waals surface area contributed by atoms with E-state index in [4.69, 9.17) is 11.6 Å². The van der Waals surface area contributed by atoms with E-state index in [2.05, 4.69) is 15.7 Å². The van der Waals surface area contributed by atoms with Crippen molar-refractivity contribution < 1.29 is 0 Å². The van der Waals surface area contributed by atoms with Gasteiger partial charge in [-0.05, 0) is 25.0 Å². The Balaban J connectivity index is 1.74. The molecule has 17 heavy (non-hydrogen) atoms. The predicted octanol–water partition coefficient (Wildman–Crippen LogP) is 3.72. The molecule has 0 spiro atoms. The number of hydrogen-bond donors (Lipinski definition) is 1. The lowest BCUT2D eigenvalue weighted by Gasteiger charge is -1.98. The molecule has 0 bridgehead atoms. The average molecular weight is 265 g/mol. The molecule has 88 valence electrons. The minimum absolute atomic E-state index is 0.730. The molecule has 2 nitrogen and oxygen atoms in total. The Kier molecular flexibility index (Phi) is 3.14. The van der Waals surface area contributed by atoms with Crippen molar-refractivity contribution in [3.05, 3.63) is 39.7 Å². The first-order chi connectivity index (χ1) is 8.31. The van der Waals surface area contributed by atoms with Crippen molar-refractivity contribution in [3.63, 3.8) is 0 Å². The van der Waals surface area contributed by atoms with Crippen molar-refractivity contribution in [2.45, 2.75) is 25.4 Å². The van der Waals surface area contributed by atoms with Gasteiger partial charge in [0, 0.05) is 28.6 Å². The minimum atomic E-state index is 0.730. The van der Waals surface area contributed by atoms with E-state index in [0.29, 0.717) is 0 Å². The topological polar surface area (TPSA) is 24.9 Å². The standard InChI is InChI=1S/C13H13ClN2S/c14-10-3-1-2-9(6-10)12-8-17-13(16-12)7-15-11-4-5-11/h1-3,6,8,11,15H,4-5,7H2. The molecule has 1 aromatic carbocycles. The van der Waals surface area contributed by atoms with E-state index in [1.54, 1.807) is 11.3 Å². The molecule has 1 aromatic heterocycles. The third-order valence-electron chi connectivity index (χ3n) is 2.79. The van der Waals surface area contributed by atoms with Gasteiger partial charge in [0.05, 0.1) is 5.69 Å². The second kappa shape index (κ2) is 4.77. The maximum absolute atomic E-state index is 5.98. The van der Waals surface area contributed by atoms with Crippen molar-refractivity contribution in [3.8, 4) is 11.3 Å². The van der Waals surface area contributed by atoms with Gasteiger partial charge in [0.1, 0.15) is 5.01 Å². The Labute approximate surface area is 110 Å². The molecule has 4 heteroatoms. The summed E-state index contributed by atoms with van der Waals surface area (Å²) >= 11 is 7.68. The summed E-state index contributed by atoms with van der Waals surface area (Å²) < 4.78 is 0. The van der Waals surface area contributed by atoms with Crippen LogP contribution in [0.4, 0.5) is 0 Å². The monoisotopic (exact) mass is 264 g/mol. The number of aromatic nitrogens is 1. The number of hydrogen-bond acceptors (Lipinski definition) is 3. The van der Waals surface area contributed by atoms with E-state index >= 15 is 0 Å². The number of rotatable bonds is 4. The zero-order valence-electron chi connectivity index (χ0n) is 9.32. The fourth-order valence-electron chi connectivity index (χ4n) is 1.69. The van der Waals surface area contributed by atoms with Gasteiger partial charge in [-0.25, -0.2) is 4.98 Å². The van der Waals surface area contributed by atoms with E-state index in [1.807, 2.05) is 24.3 Å². The molecule has 1 saturated carbocycles. The van der Waals surface area contributed by atoms with Gasteiger partial charge in [-0.2, -0.15) is 0 Å². The molecule has 1 N–H and O–H groups in total. The van der Waals surface area contributed by atoms with E-state index in [9.17, 15) is 0 Å². The molecular formula is C13H13ClN2S. The third kappa shape index (κ3) is 2.86. The molecule has 1 aliphatic carbocycles. The second-order valence-corrected chi connectivity index (χ2v) is 5.67. The van der Waals surface area contributed by atoms with E-state index in [1.165, 1.54) is 12.8 Å². The van der Waals surface area contributed by atoms with Gasteiger partial charge in [-0.15, -0.1) is 11.3 Å². The number of benzene rings is 1. The lowest BCUT2D eigenvalue weighted by atomic mass is 10.2. The van der Waals surface area contributed by atoms with Gasteiger partial charge in [-0.1, -0.05) is 23.7 Å². The van der Waals surface area contributed by atoms with Crippen LogP contribution in [0.5, 0.6) is 0 Å². The summed E-state index contributed by atoms with van der Waals surface area (Å²) in [7, 11) is 0. The third-order valence-corrected chi connectivity index (χ3v) is 3.88. The van der Waals surface area contributed by atoms with Crippen molar-refractivity contribution in [2.75, 3.05) is 0 Å². The van der Waals surface area contributed by atoms with Crippen LogP contribution >= 0.6 is 22.9 Å². The molecular weight excluding hydrogens is 252 g/mol. The van der Waals surface area contributed by atoms with Crippen LogP contribution in [0.1, 0.15) is 17.8 Å². The molecule has 1 fully saturated rings. The number of nitrogens with zero attached hydrogens (tertiary/aromatic N) is 1. The highest BCUT2D eigenvalue weighted by atomic mass is 35.5. The Bertz CT molecular complexity index is 520. The van der Waals surface area contributed by atoms with E-state index in [-0.39, 0.29) is 0 Å². The van der Waals surface area contributed by atoms with Crippen molar-refractivity contribution >= 4 is 22.9 Å². The van der Waals surface area contributed by atoms with Crippen LogP contribution in [0, 0.1) is 0 Å². The number of nitrogens with one attached hydrogen (secondary N) is 1. The highest BCUT2D eigenvalue weighted by Gasteiger charge is 2.20. The zero-order chi connectivity index (χ0) is 11.7. The number of thiazole rings is 1. The van der Waals surface area contributed by atoms with Crippen LogP contribution in [0.15, 0.2) is 29.6 Å². The summed E-state index contributed by atoms with van der Waals surface area (Å²) in [4.78, 5) is 4.62. The predicted molar refractivity (Wildman–Crippen MR) is 72.4 cm³/mol. The summed E-state index contributed by atoms with van der Waals surface area (Å²) in [6.07, 6.45) is 2.62. The van der Waals surface area contributed by atoms with Gasteiger partial charge >= 0.3 is 0 Å². The quantitative estimate of drug-likeness (QED) is 0.911. The van der Waals surface area contributed by atoms with Gasteiger partial charge < -0.3 is 5.32 Å². The van der Waals surface area contributed by atoms with Crippen LogP contribution in [-0.2, 0) is 6.54 Å². The fourth-order valence-corrected chi connectivity index (χ4v) is 2.64. The highest BCUT2D eigenvalue weighted by molar-refractivity contribution is 7.09. The first kappa shape index (κ1) is 11.2.